The summed E-state index contributed by atoms with van der Waals surface area (Å²) in [4.78, 5) is 12.6. The Bertz CT molecular complexity index is 397. The van der Waals surface area contributed by atoms with Crippen LogP contribution in [0.5, 0.6) is 0 Å². The number of fused-ring (bicyclic) bond motifs is 2. The van der Waals surface area contributed by atoms with Gasteiger partial charge in [0.15, 0.2) is 6.29 Å². The van der Waals surface area contributed by atoms with Gasteiger partial charge in [0, 0.05) is 23.9 Å². The fourth-order valence-corrected chi connectivity index (χ4v) is 4.79. The summed E-state index contributed by atoms with van der Waals surface area (Å²) in [6, 6.07) is 0. The number of hydrogen-bond donors (Lipinski definition) is 0. The van der Waals surface area contributed by atoms with Gasteiger partial charge in [-0.25, -0.2) is 0 Å². The molecule has 1 aliphatic heterocycles. The monoisotopic (exact) mass is 294 g/mol. The fourth-order valence-electron chi connectivity index (χ4n) is 4.79. The molecule has 1 heterocycles. The molecule has 2 aliphatic carbocycles. The lowest BCUT2D eigenvalue weighted by molar-refractivity contribution is -0.216. The molecule has 3 aliphatic rings. The van der Waals surface area contributed by atoms with E-state index in [0.29, 0.717) is 18.1 Å². The summed E-state index contributed by atoms with van der Waals surface area (Å²) in [7, 11) is 0. The molecule has 0 aromatic heterocycles. The van der Waals surface area contributed by atoms with Crippen molar-refractivity contribution < 1.29 is 14.3 Å². The quantitative estimate of drug-likeness (QED) is 0.783. The molecule has 0 N–H and O–H groups in total. The summed E-state index contributed by atoms with van der Waals surface area (Å²) >= 11 is 0. The molecule has 4 atom stereocenters. The Morgan fingerprint density at radius 2 is 2.14 bits per heavy atom. The molecule has 1 saturated heterocycles. The maximum atomic E-state index is 12.6. The third-order valence-corrected chi connectivity index (χ3v) is 6.40. The Labute approximate surface area is 128 Å². The summed E-state index contributed by atoms with van der Waals surface area (Å²) in [6.45, 7) is 7.30. The molecule has 0 aromatic carbocycles. The number of carbonyl (C=O) groups excluding carboxylic acids is 1. The van der Waals surface area contributed by atoms with Gasteiger partial charge in [-0.05, 0) is 50.9 Å². The number of ether oxygens (including phenoxy) is 2. The lowest BCUT2D eigenvalue weighted by atomic mass is 9.61. The minimum absolute atomic E-state index is 0.0397. The molecule has 0 aromatic rings. The van der Waals surface area contributed by atoms with Crippen molar-refractivity contribution in [2.75, 3.05) is 6.61 Å². The van der Waals surface area contributed by atoms with E-state index in [-0.39, 0.29) is 23.2 Å². The van der Waals surface area contributed by atoms with E-state index in [4.69, 9.17) is 9.47 Å². The zero-order valence-corrected chi connectivity index (χ0v) is 13.8. The first-order chi connectivity index (χ1) is 9.98. The molecule has 3 fully saturated rings. The highest BCUT2D eigenvalue weighted by Gasteiger charge is 2.57. The number of carbonyl (C=O) groups is 1. The van der Waals surface area contributed by atoms with E-state index >= 15 is 0 Å². The van der Waals surface area contributed by atoms with Gasteiger partial charge in [0.05, 0.1) is 6.10 Å². The second-order valence-electron chi connectivity index (χ2n) is 7.95. The summed E-state index contributed by atoms with van der Waals surface area (Å²) < 4.78 is 12.1. The van der Waals surface area contributed by atoms with Crippen molar-refractivity contribution in [3.8, 4) is 0 Å². The minimum atomic E-state index is -0.125. The van der Waals surface area contributed by atoms with Gasteiger partial charge in [-0.3, -0.25) is 4.79 Å². The Balaban J connectivity index is 1.73. The molecule has 2 bridgehead atoms. The second kappa shape index (κ2) is 5.66. The van der Waals surface area contributed by atoms with Gasteiger partial charge in [-0.15, -0.1) is 0 Å². The van der Waals surface area contributed by atoms with E-state index in [1.54, 1.807) is 0 Å². The Morgan fingerprint density at radius 1 is 1.33 bits per heavy atom. The van der Waals surface area contributed by atoms with Gasteiger partial charge in [0.25, 0.3) is 0 Å². The van der Waals surface area contributed by atoms with Gasteiger partial charge >= 0.3 is 0 Å². The molecule has 0 spiro atoms. The topological polar surface area (TPSA) is 35.5 Å². The molecule has 2 saturated carbocycles. The third-order valence-electron chi connectivity index (χ3n) is 6.40. The molecule has 21 heavy (non-hydrogen) atoms. The normalized spacial score (nSPS) is 40.2. The van der Waals surface area contributed by atoms with Crippen molar-refractivity contribution in [1.29, 1.82) is 0 Å². The zero-order valence-electron chi connectivity index (χ0n) is 13.8. The Hall–Kier alpha value is -0.410. The smallest absolute Gasteiger partial charge is 0.157 e. The van der Waals surface area contributed by atoms with E-state index in [9.17, 15) is 4.79 Å². The number of hydrogen-bond acceptors (Lipinski definition) is 3. The van der Waals surface area contributed by atoms with E-state index in [2.05, 4.69) is 20.8 Å². The van der Waals surface area contributed by atoms with Crippen LogP contribution in [-0.2, 0) is 14.3 Å². The standard InChI is InChI=1S/C18H30O3/c1-4-15(21-16-7-5-6-10-20-16)18-9-8-13(11-18)17(2,3)14(19)12-18/h13,15-16H,4-12H2,1-3H3/t13-,15?,16?,18-/m1/s1. The highest BCUT2D eigenvalue weighted by atomic mass is 16.7. The predicted molar refractivity (Wildman–Crippen MR) is 81.9 cm³/mol. The van der Waals surface area contributed by atoms with Gasteiger partial charge in [0.1, 0.15) is 5.78 Å². The van der Waals surface area contributed by atoms with E-state index < -0.39 is 0 Å². The van der Waals surface area contributed by atoms with Crippen molar-refractivity contribution in [3.05, 3.63) is 0 Å². The minimum Gasteiger partial charge on any atom is -0.353 e. The SMILES string of the molecule is CCC(OC1CCCCO1)[C@]12CC[C@H](C1)C(C)(C)C(=O)C2. The van der Waals surface area contributed by atoms with Crippen LogP contribution in [-0.4, -0.2) is 24.8 Å². The molecular formula is C18H30O3. The molecule has 120 valence electrons. The maximum absolute atomic E-state index is 12.6. The first-order valence-electron chi connectivity index (χ1n) is 8.78. The van der Waals surface area contributed by atoms with Crippen LogP contribution in [0.25, 0.3) is 0 Å². The van der Waals surface area contributed by atoms with Crippen LogP contribution in [0.4, 0.5) is 0 Å². The van der Waals surface area contributed by atoms with E-state index in [1.165, 1.54) is 12.8 Å². The average Bonchev–Trinajstić information content (AvgIpc) is 2.87. The first kappa shape index (κ1) is 15.5. The summed E-state index contributed by atoms with van der Waals surface area (Å²) in [6.07, 6.45) is 8.70. The van der Waals surface area contributed by atoms with Gasteiger partial charge in [-0.2, -0.15) is 0 Å². The van der Waals surface area contributed by atoms with E-state index in [0.717, 1.165) is 38.7 Å². The molecule has 3 heteroatoms. The van der Waals surface area contributed by atoms with Gasteiger partial charge in [0.2, 0.25) is 0 Å². The molecule has 0 amide bonds. The maximum Gasteiger partial charge on any atom is 0.157 e. The zero-order chi connectivity index (χ0) is 15.1. The summed E-state index contributed by atoms with van der Waals surface area (Å²) in [5.41, 5.74) is -0.0353. The number of ketones is 1. The third kappa shape index (κ3) is 2.68. The lowest BCUT2D eigenvalue weighted by Gasteiger charge is -2.45. The van der Waals surface area contributed by atoms with Crippen LogP contribution in [0.3, 0.4) is 0 Å². The summed E-state index contributed by atoms with van der Waals surface area (Å²) in [5.74, 6) is 0.992. The fraction of sp³-hybridized carbons (Fsp3) is 0.944. The predicted octanol–water partition coefficient (Wildman–Crippen LogP) is 4.09. The van der Waals surface area contributed by atoms with Crippen LogP contribution in [0.1, 0.15) is 72.1 Å². The second-order valence-corrected chi connectivity index (χ2v) is 7.95. The van der Waals surface area contributed by atoms with Crippen molar-refractivity contribution in [1.82, 2.24) is 0 Å². The van der Waals surface area contributed by atoms with Crippen LogP contribution in [0, 0.1) is 16.7 Å². The molecule has 2 unspecified atom stereocenters. The van der Waals surface area contributed by atoms with Crippen molar-refractivity contribution in [2.45, 2.75) is 84.5 Å². The Kier molecular flexibility index (Phi) is 4.17. The Morgan fingerprint density at radius 3 is 2.81 bits per heavy atom. The van der Waals surface area contributed by atoms with Gasteiger partial charge < -0.3 is 9.47 Å². The molecule has 3 rings (SSSR count). The van der Waals surface area contributed by atoms with E-state index in [1.807, 2.05) is 0 Å². The van der Waals surface area contributed by atoms with Crippen molar-refractivity contribution in [2.24, 2.45) is 16.7 Å². The lowest BCUT2D eigenvalue weighted by Crippen LogP contribution is -2.47. The molecule has 3 nitrogen and oxygen atoms in total. The van der Waals surface area contributed by atoms with Crippen LogP contribution >= 0.6 is 0 Å². The van der Waals surface area contributed by atoms with Crippen molar-refractivity contribution >= 4 is 5.78 Å². The van der Waals surface area contributed by atoms with Crippen LogP contribution in [0.15, 0.2) is 0 Å². The molecule has 0 radical (unpaired) electrons. The number of Topliss-reactive ketones (excluding diaryl/α,β-unsaturated/α-hetero) is 1. The summed E-state index contributed by atoms with van der Waals surface area (Å²) in [5, 5.41) is 0. The van der Waals surface area contributed by atoms with Crippen molar-refractivity contribution in [3.63, 3.8) is 0 Å². The van der Waals surface area contributed by atoms with Gasteiger partial charge in [-0.1, -0.05) is 20.8 Å². The molecular weight excluding hydrogens is 264 g/mol. The van der Waals surface area contributed by atoms with Crippen LogP contribution < -0.4 is 0 Å². The largest absolute Gasteiger partial charge is 0.353 e. The average molecular weight is 294 g/mol. The highest BCUT2D eigenvalue weighted by Crippen LogP contribution is 2.59. The first-order valence-corrected chi connectivity index (χ1v) is 8.78. The highest BCUT2D eigenvalue weighted by molar-refractivity contribution is 5.86. The van der Waals surface area contributed by atoms with Crippen LogP contribution in [0.2, 0.25) is 0 Å². The number of rotatable bonds is 4.